The third kappa shape index (κ3) is 3.82. The number of carbonyl (C=O) groups excluding carboxylic acids is 1. The number of esters is 1. The van der Waals surface area contributed by atoms with Crippen LogP contribution in [0.1, 0.15) is 46.0 Å². The van der Waals surface area contributed by atoms with Gasteiger partial charge in [0.05, 0.1) is 12.5 Å². The molecular weight excluding hydrogens is 190 g/mol. The number of hydrogen-bond donors (Lipinski definition) is 1. The summed E-state index contributed by atoms with van der Waals surface area (Å²) in [4.78, 5) is 11.7. The molecule has 15 heavy (non-hydrogen) atoms. The molecule has 88 valence electrons. The van der Waals surface area contributed by atoms with E-state index in [1.54, 1.807) is 0 Å². The molecule has 0 aromatic heterocycles. The lowest BCUT2D eigenvalue weighted by Crippen LogP contribution is -2.32. The molecule has 3 nitrogen and oxygen atoms in total. The van der Waals surface area contributed by atoms with E-state index < -0.39 is 0 Å². The maximum absolute atomic E-state index is 11.7. The topological polar surface area (TPSA) is 52.3 Å². The van der Waals surface area contributed by atoms with Gasteiger partial charge in [-0.15, -0.1) is 0 Å². The third-order valence-electron chi connectivity index (χ3n) is 3.16. The molecule has 3 unspecified atom stereocenters. The average Bonchev–Trinajstić information content (AvgIpc) is 2.61. The minimum Gasteiger partial charge on any atom is -0.465 e. The maximum atomic E-state index is 11.7. The van der Waals surface area contributed by atoms with Crippen LogP contribution in [0.4, 0.5) is 0 Å². The Morgan fingerprint density at radius 3 is 2.80 bits per heavy atom. The van der Waals surface area contributed by atoms with Crippen molar-refractivity contribution in [2.45, 2.75) is 52.0 Å². The SMILES string of the molecule is CCCC(C)COC(=O)C1CCCC1N. The smallest absolute Gasteiger partial charge is 0.310 e. The van der Waals surface area contributed by atoms with Gasteiger partial charge < -0.3 is 10.5 Å². The van der Waals surface area contributed by atoms with Gasteiger partial charge in [0.2, 0.25) is 0 Å². The second-order valence-corrected chi connectivity index (χ2v) is 4.73. The fourth-order valence-corrected chi connectivity index (χ4v) is 2.19. The van der Waals surface area contributed by atoms with E-state index in [2.05, 4.69) is 13.8 Å². The lowest BCUT2D eigenvalue weighted by Gasteiger charge is -2.16. The van der Waals surface area contributed by atoms with Crippen LogP contribution in [0.25, 0.3) is 0 Å². The first-order valence-electron chi connectivity index (χ1n) is 6.07. The van der Waals surface area contributed by atoms with Crippen LogP contribution < -0.4 is 5.73 Å². The zero-order valence-corrected chi connectivity index (χ0v) is 9.87. The normalized spacial score (nSPS) is 27.7. The summed E-state index contributed by atoms with van der Waals surface area (Å²) in [6.45, 7) is 4.81. The largest absolute Gasteiger partial charge is 0.465 e. The van der Waals surface area contributed by atoms with Crippen molar-refractivity contribution in [1.82, 2.24) is 0 Å². The predicted octanol–water partition coefficient (Wildman–Crippen LogP) is 2.09. The molecule has 1 fully saturated rings. The predicted molar refractivity (Wildman–Crippen MR) is 60.3 cm³/mol. The fraction of sp³-hybridized carbons (Fsp3) is 0.917. The van der Waals surface area contributed by atoms with Crippen molar-refractivity contribution in [2.24, 2.45) is 17.6 Å². The highest BCUT2D eigenvalue weighted by molar-refractivity contribution is 5.73. The molecule has 0 bridgehead atoms. The molecule has 0 amide bonds. The second-order valence-electron chi connectivity index (χ2n) is 4.73. The molecule has 0 aliphatic heterocycles. The minimum absolute atomic E-state index is 0.0268. The van der Waals surface area contributed by atoms with Gasteiger partial charge in [-0.25, -0.2) is 0 Å². The van der Waals surface area contributed by atoms with Crippen LogP contribution in [0.2, 0.25) is 0 Å². The lowest BCUT2D eigenvalue weighted by atomic mass is 10.0. The van der Waals surface area contributed by atoms with Crippen molar-refractivity contribution in [3.8, 4) is 0 Å². The van der Waals surface area contributed by atoms with Gasteiger partial charge in [0.1, 0.15) is 0 Å². The van der Waals surface area contributed by atoms with Crippen molar-refractivity contribution in [3.05, 3.63) is 0 Å². The summed E-state index contributed by atoms with van der Waals surface area (Å²) < 4.78 is 5.29. The highest BCUT2D eigenvalue weighted by atomic mass is 16.5. The van der Waals surface area contributed by atoms with Crippen LogP contribution in [0, 0.1) is 11.8 Å². The molecule has 0 saturated heterocycles. The number of nitrogens with two attached hydrogens (primary N) is 1. The van der Waals surface area contributed by atoms with Crippen LogP contribution >= 0.6 is 0 Å². The number of ether oxygens (including phenoxy) is 1. The van der Waals surface area contributed by atoms with Crippen LogP contribution in [-0.4, -0.2) is 18.6 Å². The molecule has 1 rings (SSSR count). The minimum atomic E-state index is -0.0806. The zero-order chi connectivity index (χ0) is 11.3. The first kappa shape index (κ1) is 12.5. The average molecular weight is 213 g/mol. The Morgan fingerprint density at radius 1 is 1.53 bits per heavy atom. The van der Waals surface area contributed by atoms with Crippen molar-refractivity contribution in [3.63, 3.8) is 0 Å². The van der Waals surface area contributed by atoms with Crippen molar-refractivity contribution < 1.29 is 9.53 Å². The Morgan fingerprint density at radius 2 is 2.27 bits per heavy atom. The van der Waals surface area contributed by atoms with Crippen LogP contribution in [0.3, 0.4) is 0 Å². The summed E-state index contributed by atoms with van der Waals surface area (Å²) >= 11 is 0. The van der Waals surface area contributed by atoms with Gasteiger partial charge in [0.25, 0.3) is 0 Å². The molecule has 1 aliphatic rings. The highest BCUT2D eigenvalue weighted by Gasteiger charge is 2.31. The molecule has 0 radical (unpaired) electrons. The van der Waals surface area contributed by atoms with Gasteiger partial charge in [-0.2, -0.15) is 0 Å². The molecule has 0 spiro atoms. The Balaban J connectivity index is 2.23. The molecule has 0 aromatic rings. The molecule has 0 aromatic carbocycles. The van der Waals surface area contributed by atoms with Gasteiger partial charge in [-0.05, 0) is 25.2 Å². The molecule has 1 aliphatic carbocycles. The van der Waals surface area contributed by atoms with E-state index in [1.165, 1.54) is 0 Å². The van der Waals surface area contributed by atoms with E-state index in [0.29, 0.717) is 12.5 Å². The zero-order valence-electron chi connectivity index (χ0n) is 9.87. The van der Waals surface area contributed by atoms with Gasteiger partial charge >= 0.3 is 5.97 Å². The van der Waals surface area contributed by atoms with Crippen molar-refractivity contribution in [1.29, 1.82) is 0 Å². The molecule has 3 atom stereocenters. The van der Waals surface area contributed by atoms with E-state index in [1.807, 2.05) is 0 Å². The Hall–Kier alpha value is -0.570. The first-order valence-corrected chi connectivity index (χ1v) is 6.07. The monoisotopic (exact) mass is 213 g/mol. The van der Waals surface area contributed by atoms with Gasteiger partial charge in [-0.1, -0.05) is 26.7 Å². The Kier molecular flexibility index (Phi) is 5.09. The summed E-state index contributed by atoms with van der Waals surface area (Å²) in [6.07, 6.45) is 5.18. The number of hydrogen-bond acceptors (Lipinski definition) is 3. The van der Waals surface area contributed by atoms with Gasteiger partial charge in [0.15, 0.2) is 0 Å². The van der Waals surface area contributed by atoms with Gasteiger partial charge in [-0.3, -0.25) is 4.79 Å². The Bertz CT molecular complexity index is 206. The van der Waals surface area contributed by atoms with E-state index in [0.717, 1.165) is 32.1 Å². The van der Waals surface area contributed by atoms with Crippen molar-refractivity contribution >= 4 is 5.97 Å². The van der Waals surface area contributed by atoms with Crippen LogP contribution in [0.5, 0.6) is 0 Å². The number of carbonyl (C=O) groups is 1. The summed E-state index contributed by atoms with van der Waals surface area (Å²) in [5.41, 5.74) is 5.84. The summed E-state index contributed by atoms with van der Waals surface area (Å²) in [5, 5.41) is 0. The van der Waals surface area contributed by atoms with E-state index in [4.69, 9.17) is 10.5 Å². The summed E-state index contributed by atoms with van der Waals surface area (Å²) in [5.74, 6) is 0.346. The molecule has 0 heterocycles. The first-order chi connectivity index (χ1) is 7.15. The van der Waals surface area contributed by atoms with Crippen LogP contribution in [0.15, 0.2) is 0 Å². The maximum Gasteiger partial charge on any atom is 0.310 e. The number of rotatable bonds is 5. The highest BCUT2D eigenvalue weighted by Crippen LogP contribution is 2.25. The molecule has 2 N–H and O–H groups in total. The molecule has 3 heteroatoms. The standard InChI is InChI=1S/C12H23NO2/c1-3-5-9(2)8-15-12(14)10-6-4-7-11(10)13/h9-11H,3-8,13H2,1-2H3. The van der Waals surface area contributed by atoms with Crippen molar-refractivity contribution in [2.75, 3.05) is 6.61 Å². The quantitative estimate of drug-likeness (QED) is 0.711. The van der Waals surface area contributed by atoms with E-state index >= 15 is 0 Å². The Labute approximate surface area is 92.4 Å². The third-order valence-corrected chi connectivity index (χ3v) is 3.16. The fourth-order valence-electron chi connectivity index (χ4n) is 2.19. The molecular formula is C12H23NO2. The summed E-state index contributed by atoms with van der Waals surface area (Å²) in [7, 11) is 0. The molecule has 1 saturated carbocycles. The lowest BCUT2D eigenvalue weighted by molar-refractivity contribution is -0.150. The van der Waals surface area contributed by atoms with Crippen LogP contribution in [-0.2, 0) is 9.53 Å². The van der Waals surface area contributed by atoms with Gasteiger partial charge in [0, 0.05) is 6.04 Å². The second kappa shape index (κ2) is 6.11. The van der Waals surface area contributed by atoms with E-state index in [-0.39, 0.29) is 17.9 Å². The summed E-state index contributed by atoms with van der Waals surface area (Å²) in [6, 6.07) is 0.0268. The van der Waals surface area contributed by atoms with E-state index in [9.17, 15) is 4.79 Å².